The van der Waals surface area contributed by atoms with Crippen molar-refractivity contribution < 1.29 is 10.0 Å². The maximum Gasteiger partial charge on any atom is 0.488 e. The molecule has 91 heavy (non-hydrogen) atoms. The van der Waals surface area contributed by atoms with E-state index in [4.69, 9.17) is 10.0 Å². The molecule has 15 aromatic carbocycles. The van der Waals surface area contributed by atoms with Gasteiger partial charge in [-0.2, -0.15) is 0 Å². The van der Waals surface area contributed by atoms with Crippen LogP contribution in [-0.2, 0) is 10.8 Å². The first-order valence-electron chi connectivity index (χ1n) is 31.1. The van der Waals surface area contributed by atoms with E-state index < -0.39 is 7.12 Å². The summed E-state index contributed by atoms with van der Waals surface area (Å²) in [5, 5.41) is 31.1. The molecule has 2 aliphatic carbocycles. The molecular formula is C86H63BBr2O2. The van der Waals surface area contributed by atoms with Gasteiger partial charge in [0.05, 0.1) is 0 Å². The molecule has 0 aromatic heterocycles. The molecular weight excluding hydrogens is 1240 g/mol. The van der Waals surface area contributed by atoms with Gasteiger partial charge in [0.2, 0.25) is 0 Å². The molecule has 0 unspecified atom stereocenters. The van der Waals surface area contributed by atoms with Crippen LogP contribution in [0.4, 0.5) is 0 Å². The lowest BCUT2D eigenvalue weighted by atomic mass is 9.67. The van der Waals surface area contributed by atoms with Crippen LogP contribution in [0.2, 0.25) is 0 Å². The average molecular weight is 1300 g/mol. The molecule has 0 bridgehead atoms. The van der Waals surface area contributed by atoms with Crippen LogP contribution in [0.1, 0.15) is 49.9 Å². The van der Waals surface area contributed by atoms with Crippen molar-refractivity contribution in [2.75, 3.05) is 0 Å². The first kappa shape index (κ1) is 58.0. The zero-order valence-corrected chi connectivity index (χ0v) is 54.2. The summed E-state index contributed by atoms with van der Waals surface area (Å²) in [7, 11) is -1.42. The Morgan fingerprint density at radius 2 is 0.604 bits per heavy atom. The van der Waals surface area contributed by atoms with Crippen molar-refractivity contribution in [1.29, 1.82) is 0 Å². The second-order valence-electron chi connectivity index (χ2n) is 25.1. The van der Waals surface area contributed by atoms with Crippen LogP contribution in [-0.4, -0.2) is 17.2 Å². The zero-order valence-electron chi connectivity index (χ0n) is 51.0. The van der Waals surface area contributed by atoms with E-state index in [1.54, 1.807) is 12.1 Å². The van der Waals surface area contributed by atoms with Gasteiger partial charge >= 0.3 is 7.12 Å². The van der Waals surface area contributed by atoms with E-state index in [-0.39, 0.29) is 10.8 Å². The highest BCUT2D eigenvalue weighted by Crippen LogP contribution is 2.53. The summed E-state index contributed by atoms with van der Waals surface area (Å²) in [6, 6.07) is 107. The van der Waals surface area contributed by atoms with Crippen molar-refractivity contribution in [2.24, 2.45) is 0 Å². The molecule has 0 fully saturated rings. The second-order valence-corrected chi connectivity index (χ2v) is 26.9. The van der Waals surface area contributed by atoms with Crippen molar-refractivity contribution in [2.45, 2.75) is 38.5 Å². The minimum Gasteiger partial charge on any atom is -0.423 e. The Labute approximate surface area is 549 Å². The lowest BCUT2D eigenvalue weighted by molar-refractivity contribution is 0.426. The quantitative estimate of drug-likeness (QED) is 0.163. The van der Waals surface area contributed by atoms with Gasteiger partial charge in [-0.05, 0) is 184 Å². The molecule has 0 aliphatic heterocycles. The average Bonchev–Trinajstić information content (AvgIpc) is 0.752. The standard InChI is InChI=1S/C51H36.C19H14Br2.C16H13BO2/c1-51(2)48-19-9-18-46-44(38-26-24-37(25-27-38)43-17-8-13-35-11-4-6-15-41(35)43)30-31-47(50(46)48)45-29-28-39(32-49(45)51)33-20-22-36(23-21-33)42-16-7-12-34-10-3-5-14-40(34)42;1-19(2)15-5-3-4-14-17(21)9-8-13(18(14)15)12-7-6-11(20)10-16(12)19;18-17(19)14-10-8-13(9-11-14)16-7-3-5-12-4-1-2-6-15(12)16/h3-32H,1-2H3;3-10H,1-2H3;1-11,18-19H. The normalized spacial score (nSPS) is 13.0. The first-order valence-corrected chi connectivity index (χ1v) is 32.7. The highest BCUT2D eigenvalue weighted by atomic mass is 79.9. The summed E-state index contributed by atoms with van der Waals surface area (Å²) >= 11 is 7.32. The van der Waals surface area contributed by atoms with Gasteiger partial charge < -0.3 is 10.0 Å². The number of benzene rings is 15. The number of halogens is 2. The van der Waals surface area contributed by atoms with Crippen molar-refractivity contribution >= 4 is 98.3 Å². The Balaban J connectivity index is 0.000000140. The minimum atomic E-state index is -1.42. The van der Waals surface area contributed by atoms with Gasteiger partial charge in [-0.25, -0.2) is 0 Å². The first-order chi connectivity index (χ1) is 44.3. The second kappa shape index (κ2) is 23.4. The number of hydrogen-bond donors (Lipinski definition) is 2. The Hall–Kier alpha value is -9.46. The lowest BCUT2D eigenvalue weighted by Crippen LogP contribution is -2.29. The predicted octanol–water partition coefficient (Wildman–Crippen LogP) is 23.0. The van der Waals surface area contributed by atoms with Gasteiger partial charge in [0.25, 0.3) is 0 Å². The van der Waals surface area contributed by atoms with E-state index in [9.17, 15) is 0 Å². The van der Waals surface area contributed by atoms with Crippen LogP contribution in [0, 0.1) is 0 Å². The Morgan fingerprint density at radius 3 is 1.10 bits per heavy atom. The van der Waals surface area contributed by atoms with Crippen molar-refractivity contribution in [3.63, 3.8) is 0 Å². The molecule has 0 spiro atoms. The van der Waals surface area contributed by atoms with Gasteiger partial charge in [-0.1, -0.05) is 333 Å². The van der Waals surface area contributed by atoms with Gasteiger partial charge in [0, 0.05) is 19.8 Å². The van der Waals surface area contributed by atoms with E-state index in [0.29, 0.717) is 5.46 Å². The summed E-state index contributed by atoms with van der Waals surface area (Å²) < 4.78 is 2.31. The van der Waals surface area contributed by atoms with Gasteiger partial charge in [-0.3, -0.25) is 0 Å². The predicted molar refractivity (Wildman–Crippen MR) is 394 cm³/mol. The molecule has 0 heterocycles. The summed E-state index contributed by atoms with van der Waals surface area (Å²) in [6.07, 6.45) is 0. The van der Waals surface area contributed by atoms with Crippen LogP contribution in [0.15, 0.2) is 306 Å². The summed E-state index contributed by atoms with van der Waals surface area (Å²) in [6.45, 7) is 9.42. The fraction of sp³-hybridized carbons (Fsp3) is 0.0698. The van der Waals surface area contributed by atoms with Gasteiger partial charge in [0.1, 0.15) is 0 Å². The van der Waals surface area contributed by atoms with Gasteiger partial charge in [-0.15, -0.1) is 0 Å². The molecule has 0 saturated heterocycles. The minimum absolute atomic E-state index is 0.00637. The maximum absolute atomic E-state index is 9.11. The highest BCUT2D eigenvalue weighted by molar-refractivity contribution is 9.11. The summed E-state index contributed by atoms with van der Waals surface area (Å²) in [5.74, 6) is 0. The van der Waals surface area contributed by atoms with E-state index in [1.807, 2.05) is 30.3 Å². The van der Waals surface area contributed by atoms with Crippen molar-refractivity contribution in [3.8, 4) is 77.9 Å². The molecule has 5 heteroatoms. The summed E-state index contributed by atoms with van der Waals surface area (Å²) in [4.78, 5) is 0. The molecule has 436 valence electrons. The third-order valence-electron chi connectivity index (χ3n) is 19.2. The monoisotopic (exact) mass is 1300 g/mol. The molecule has 0 saturated carbocycles. The van der Waals surface area contributed by atoms with E-state index in [2.05, 4.69) is 314 Å². The molecule has 17 rings (SSSR count). The van der Waals surface area contributed by atoms with Crippen molar-refractivity contribution in [1.82, 2.24) is 0 Å². The Morgan fingerprint density at radius 1 is 0.264 bits per heavy atom. The van der Waals surface area contributed by atoms with E-state index in [0.717, 1.165) is 15.6 Å². The van der Waals surface area contributed by atoms with E-state index >= 15 is 0 Å². The Kier molecular flexibility index (Phi) is 14.9. The van der Waals surface area contributed by atoms with Crippen LogP contribution >= 0.6 is 31.9 Å². The summed E-state index contributed by atoms with van der Waals surface area (Å²) in [5.41, 5.74) is 23.5. The van der Waals surface area contributed by atoms with Crippen LogP contribution in [0.3, 0.4) is 0 Å². The SMILES string of the molecule is CC1(C)c2cc(-c3ccc(-c4cccc5ccccc45)cc3)ccc2-c2ccc(-c3ccc(-c4cccc5ccccc45)cc3)c3cccc1c23.CC1(C)c2cc(Br)ccc2-c2ccc(Br)c3cccc1c23.OB(O)c1ccc(-c2cccc3ccccc23)cc1. The smallest absolute Gasteiger partial charge is 0.423 e. The van der Waals surface area contributed by atoms with Gasteiger partial charge in [0.15, 0.2) is 0 Å². The fourth-order valence-corrected chi connectivity index (χ4v) is 15.3. The molecule has 15 aromatic rings. The number of hydrogen-bond acceptors (Lipinski definition) is 2. The zero-order chi connectivity index (χ0) is 62.1. The maximum atomic E-state index is 9.11. The van der Waals surface area contributed by atoms with Crippen LogP contribution < -0.4 is 5.46 Å². The molecule has 2 nitrogen and oxygen atoms in total. The highest BCUT2D eigenvalue weighted by Gasteiger charge is 2.35. The molecule has 2 aliphatic rings. The third kappa shape index (κ3) is 10.3. The number of fused-ring (bicyclic) bond motifs is 7. The van der Waals surface area contributed by atoms with E-state index in [1.165, 1.54) is 147 Å². The lowest BCUT2D eigenvalue weighted by Gasteiger charge is -2.36. The van der Waals surface area contributed by atoms with Crippen LogP contribution in [0.5, 0.6) is 0 Å². The largest absolute Gasteiger partial charge is 0.488 e. The fourth-order valence-electron chi connectivity index (χ4n) is 14.5. The molecule has 0 atom stereocenters. The topological polar surface area (TPSA) is 40.5 Å². The van der Waals surface area contributed by atoms with Crippen LogP contribution in [0.25, 0.3) is 132 Å². The third-order valence-corrected chi connectivity index (χ3v) is 20.4. The van der Waals surface area contributed by atoms with Crippen molar-refractivity contribution in [3.05, 3.63) is 328 Å². The number of rotatable bonds is 6. The Bertz CT molecular complexity index is 5320. The molecule has 0 amide bonds. The molecule has 0 radical (unpaired) electrons. The molecule has 2 N–H and O–H groups in total.